The van der Waals surface area contributed by atoms with E-state index < -0.39 is 11.2 Å². The highest BCUT2D eigenvalue weighted by Crippen LogP contribution is 2.33. The van der Waals surface area contributed by atoms with Gasteiger partial charge < -0.3 is 5.11 Å². The molecule has 1 aliphatic rings. The van der Waals surface area contributed by atoms with Crippen LogP contribution in [0.3, 0.4) is 0 Å². The van der Waals surface area contributed by atoms with Gasteiger partial charge in [-0.15, -0.1) is 5.10 Å². The molecule has 1 atom stereocenters. The van der Waals surface area contributed by atoms with Gasteiger partial charge in [0.15, 0.2) is 5.17 Å². The second-order valence-electron chi connectivity index (χ2n) is 5.39. The Morgan fingerprint density at radius 3 is 2.54 bits per heavy atom. The number of nitrogens with zero attached hydrogens (tertiary/aromatic N) is 3. The van der Waals surface area contributed by atoms with E-state index in [2.05, 4.69) is 10.2 Å². The predicted molar refractivity (Wildman–Crippen MR) is 99.0 cm³/mol. The summed E-state index contributed by atoms with van der Waals surface area (Å²) in [6.07, 6.45) is 1.14. The highest BCUT2D eigenvalue weighted by Gasteiger charge is 2.40. The van der Waals surface area contributed by atoms with Crippen LogP contribution in [0, 0.1) is 5.82 Å². The molecule has 6 nitrogen and oxygen atoms in total. The van der Waals surface area contributed by atoms with Crippen LogP contribution in [-0.2, 0) is 9.59 Å². The lowest BCUT2D eigenvalue weighted by atomic mass is 10.2. The van der Waals surface area contributed by atoms with E-state index in [0.29, 0.717) is 16.4 Å². The van der Waals surface area contributed by atoms with E-state index in [9.17, 15) is 14.0 Å². The van der Waals surface area contributed by atoms with Crippen molar-refractivity contribution < 1.29 is 19.1 Å². The van der Waals surface area contributed by atoms with Gasteiger partial charge in [0.2, 0.25) is 5.91 Å². The Kier molecular flexibility index (Phi) is 5.43. The minimum absolute atomic E-state index is 0.297. The first-order chi connectivity index (χ1) is 12.5. The predicted octanol–water partition coefficient (Wildman–Crippen LogP) is 3.14. The van der Waals surface area contributed by atoms with Crippen LogP contribution >= 0.6 is 11.8 Å². The Bertz CT molecular complexity index is 869. The van der Waals surface area contributed by atoms with Crippen LogP contribution in [0.15, 0.2) is 64.8 Å². The quantitative estimate of drug-likeness (QED) is 0.647. The number of rotatable bonds is 5. The summed E-state index contributed by atoms with van der Waals surface area (Å²) in [5.41, 5.74) is 1.24. The molecule has 132 valence electrons. The zero-order valence-corrected chi connectivity index (χ0v) is 14.3. The Balaban J connectivity index is 1.87. The fraction of sp³-hybridized carbons (Fsp3) is 0.111. The summed E-state index contributed by atoms with van der Waals surface area (Å²) < 4.78 is 12.9. The lowest BCUT2D eigenvalue weighted by Gasteiger charge is -2.15. The minimum atomic E-state index is -1.06. The first-order valence-corrected chi connectivity index (χ1v) is 8.56. The van der Waals surface area contributed by atoms with Crippen LogP contribution in [-0.4, -0.2) is 33.6 Å². The van der Waals surface area contributed by atoms with Crippen molar-refractivity contribution in [1.82, 2.24) is 0 Å². The van der Waals surface area contributed by atoms with Crippen LogP contribution in [0.25, 0.3) is 0 Å². The van der Waals surface area contributed by atoms with Crippen LogP contribution in [0.1, 0.15) is 12.0 Å². The third-order valence-corrected chi connectivity index (χ3v) is 4.66. The lowest BCUT2D eigenvalue weighted by molar-refractivity contribution is -0.138. The molecule has 1 fully saturated rings. The molecule has 1 saturated heterocycles. The number of hydrogen-bond acceptors (Lipinski definition) is 5. The molecule has 0 bridgehead atoms. The molecule has 8 heteroatoms. The van der Waals surface area contributed by atoms with Crippen molar-refractivity contribution in [1.29, 1.82) is 0 Å². The average molecular weight is 371 g/mol. The molecule has 0 aromatic heterocycles. The van der Waals surface area contributed by atoms with Crippen molar-refractivity contribution >= 4 is 40.7 Å². The van der Waals surface area contributed by atoms with Gasteiger partial charge in [-0.25, -0.2) is 4.39 Å². The maximum Gasteiger partial charge on any atom is 0.305 e. The van der Waals surface area contributed by atoms with Gasteiger partial charge in [-0.05, 0) is 29.8 Å². The number of carboxylic acids is 1. The highest BCUT2D eigenvalue weighted by atomic mass is 32.2. The first-order valence-electron chi connectivity index (χ1n) is 7.68. The number of carbonyl (C=O) groups excluding carboxylic acids is 1. The number of anilines is 1. The molecule has 0 radical (unpaired) electrons. The Morgan fingerprint density at radius 1 is 1.19 bits per heavy atom. The molecule has 0 aliphatic carbocycles. The second kappa shape index (κ2) is 7.92. The first kappa shape index (κ1) is 17.8. The summed E-state index contributed by atoms with van der Waals surface area (Å²) in [5, 5.41) is 16.6. The summed E-state index contributed by atoms with van der Waals surface area (Å²) >= 11 is 1.06. The van der Waals surface area contributed by atoms with Gasteiger partial charge in [-0.3, -0.25) is 14.5 Å². The van der Waals surface area contributed by atoms with Gasteiger partial charge in [0.05, 0.1) is 18.3 Å². The van der Waals surface area contributed by atoms with Crippen molar-refractivity contribution in [2.24, 2.45) is 10.2 Å². The Morgan fingerprint density at radius 2 is 1.88 bits per heavy atom. The van der Waals surface area contributed by atoms with Crippen molar-refractivity contribution in [3.8, 4) is 0 Å². The van der Waals surface area contributed by atoms with Crippen molar-refractivity contribution in [3.05, 3.63) is 66.0 Å². The van der Waals surface area contributed by atoms with Crippen LogP contribution in [0.5, 0.6) is 0 Å². The zero-order chi connectivity index (χ0) is 18.5. The second-order valence-corrected chi connectivity index (χ2v) is 6.56. The van der Waals surface area contributed by atoms with Gasteiger partial charge in [-0.1, -0.05) is 42.1 Å². The maximum absolute atomic E-state index is 12.9. The number of benzene rings is 2. The van der Waals surface area contributed by atoms with E-state index in [1.165, 1.54) is 23.2 Å². The minimum Gasteiger partial charge on any atom is -0.481 e. The molecule has 1 heterocycles. The normalized spacial score (nSPS) is 18.8. The number of carbonyl (C=O) groups is 2. The molecular weight excluding hydrogens is 357 g/mol. The molecule has 26 heavy (non-hydrogen) atoms. The lowest BCUT2D eigenvalue weighted by Crippen LogP contribution is -2.32. The highest BCUT2D eigenvalue weighted by molar-refractivity contribution is 8.16. The van der Waals surface area contributed by atoms with E-state index in [1.54, 1.807) is 36.4 Å². The smallest absolute Gasteiger partial charge is 0.305 e. The molecule has 1 amide bonds. The summed E-state index contributed by atoms with van der Waals surface area (Å²) in [5.74, 6) is -1.75. The van der Waals surface area contributed by atoms with E-state index in [0.717, 1.165) is 11.8 Å². The number of thioether (sulfide) groups is 1. The molecule has 2 aromatic carbocycles. The third-order valence-electron chi connectivity index (χ3n) is 3.53. The summed E-state index contributed by atoms with van der Waals surface area (Å²) in [7, 11) is 0. The molecule has 1 unspecified atom stereocenters. The third kappa shape index (κ3) is 4.15. The van der Waals surface area contributed by atoms with Crippen LogP contribution < -0.4 is 4.90 Å². The zero-order valence-electron chi connectivity index (χ0n) is 13.4. The van der Waals surface area contributed by atoms with Crippen molar-refractivity contribution in [2.45, 2.75) is 11.7 Å². The van der Waals surface area contributed by atoms with E-state index >= 15 is 0 Å². The topological polar surface area (TPSA) is 82.3 Å². The van der Waals surface area contributed by atoms with Gasteiger partial charge in [0, 0.05) is 0 Å². The fourth-order valence-electron chi connectivity index (χ4n) is 2.33. The SMILES string of the molecule is O=C(O)CC1S/C(=N\N=C\c2ccc(F)cc2)N(c2ccccc2)C1=O. The van der Waals surface area contributed by atoms with Gasteiger partial charge >= 0.3 is 5.97 Å². The summed E-state index contributed by atoms with van der Waals surface area (Å²) in [4.78, 5) is 24.9. The molecule has 1 N–H and O–H groups in total. The standard InChI is InChI=1S/C18H14FN3O3S/c19-13-8-6-12(7-9-13)11-20-21-18-22(14-4-2-1-3-5-14)17(25)15(26-18)10-16(23)24/h1-9,11,15H,10H2,(H,23,24)/b20-11+,21-18-. The molecule has 1 aliphatic heterocycles. The van der Waals surface area contributed by atoms with E-state index in [1.807, 2.05) is 6.07 Å². The van der Waals surface area contributed by atoms with Gasteiger partial charge in [0.25, 0.3) is 0 Å². The number of aliphatic carboxylic acids is 1. The summed E-state index contributed by atoms with van der Waals surface area (Å²) in [6.45, 7) is 0. The maximum atomic E-state index is 12.9. The number of halogens is 1. The van der Waals surface area contributed by atoms with E-state index in [-0.39, 0.29) is 18.1 Å². The summed E-state index contributed by atoms with van der Waals surface area (Å²) in [6, 6.07) is 14.6. The number of para-hydroxylation sites is 1. The largest absolute Gasteiger partial charge is 0.481 e. The fourth-order valence-corrected chi connectivity index (χ4v) is 3.41. The molecule has 0 spiro atoms. The Hall–Kier alpha value is -3.00. The number of hydrogen-bond donors (Lipinski definition) is 1. The molecular formula is C18H14FN3O3S. The molecule has 3 rings (SSSR count). The van der Waals surface area contributed by atoms with E-state index in [4.69, 9.17) is 5.11 Å². The van der Waals surface area contributed by atoms with Crippen molar-refractivity contribution in [2.75, 3.05) is 4.90 Å². The van der Waals surface area contributed by atoms with Crippen LogP contribution in [0.2, 0.25) is 0 Å². The van der Waals surface area contributed by atoms with Gasteiger partial charge in [-0.2, -0.15) is 5.10 Å². The number of carboxylic acid groups (broad SMARTS) is 1. The molecule has 2 aromatic rings. The number of amides is 1. The van der Waals surface area contributed by atoms with Crippen molar-refractivity contribution in [3.63, 3.8) is 0 Å². The average Bonchev–Trinajstić information content (AvgIpc) is 2.92. The number of amidine groups is 1. The van der Waals surface area contributed by atoms with Gasteiger partial charge in [0.1, 0.15) is 11.1 Å². The monoisotopic (exact) mass is 371 g/mol. The molecule has 0 saturated carbocycles. The Labute approximate surface area is 153 Å². The van der Waals surface area contributed by atoms with Crippen LogP contribution in [0.4, 0.5) is 10.1 Å².